The van der Waals surface area contributed by atoms with Gasteiger partial charge in [0.1, 0.15) is 35.9 Å². The van der Waals surface area contributed by atoms with Gasteiger partial charge in [-0.05, 0) is 98.9 Å². The van der Waals surface area contributed by atoms with Crippen molar-refractivity contribution >= 4 is 5.97 Å². The van der Waals surface area contributed by atoms with E-state index in [1.54, 1.807) is 6.92 Å². The van der Waals surface area contributed by atoms with E-state index in [9.17, 15) is 122 Å². The molecule has 0 saturated heterocycles. The van der Waals surface area contributed by atoms with E-state index in [2.05, 4.69) is 13.5 Å². The second-order valence-corrected chi connectivity index (χ2v) is 23.1. The lowest BCUT2D eigenvalue weighted by Gasteiger charge is -2.65. The summed E-state index contributed by atoms with van der Waals surface area (Å²) in [5.41, 5.74) is -3.53. The van der Waals surface area contributed by atoms with Crippen LogP contribution in [-0.4, -0.2) is 231 Å². The van der Waals surface area contributed by atoms with Crippen LogP contribution < -0.4 is 0 Å². The standard InChI is InChI=1S/C57H92O31/c1-28-26-56-18-10-37-54(3,16-7-17-55(37,4)53(81)88-82-27-36(85-50(78)45(74)41(70)32(66)14-24-62)34(8-5-20-58)83-48(76)43(72)39(68)30(64)12-22-60)38(56)11-19-57(28,29(56)2)87-52(80)47(86-51(79)46(75)42(71)33(67)15-25-63)35(9-6-21-59)84-49(77)44(73)40(69)31(65)13-23-61/h29-33,37-38,48-52,58-80H,1,5-27H2,2-4H3/b36-34-,43-39+,44-40-,45-41-,46-42-,47-35-/t29-,30?,31?,32?,33?,37?,38+,48?,49?,50?,51?,52?,54-,55-,56-,57-/m1/s1. The molecule has 0 amide bonds. The molecule has 4 saturated carbocycles. The number of ether oxygens (including phenoxy) is 5. The van der Waals surface area contributed by atoms with Crippen molar-refractivity contribution in [3.8, 4) is 0 Å². The third-order valence-electron chi connectivity index (χ3n) is 17.8. The summed E-state index contributed by atoms with van der Waals surface area (Å²) in [7, 11) is 0. The molecule has 0 heterocycles. The Hall–Kier alpha value is -5.43. The monoisotopic (exact) mass is 1270 g/mol. The number of aliphatic hydroxyl groups is 23. The van der Waals surface area contributed by atoms with Crippen LogP contribution in [0.5, 0.6) is 0 Å². The maximum absolute atomic E-state index is 14.6. The van der Waals surface area contributed by atoms with Gasteiger partial charge in [0.2, 0.25) is 29.3 Å². The first-order chi connectivity index (χ1) is 41.4. The maximum atomic E-state index is 14.6. The zero-order valence-electron chi connectivity index (χ0n) is 49.5. The summed E-state index contributed by atoms with van der Waals surface area (Å²) >= 11 is 0. The van der Waals surface area contributed by atoms with Crippen molar-refractivity contribution < 1.29 is 156 Å². The fourth-order valence-corrected chi connectivity index (χ4v) is 13.2. The number of carbonyl (C=O) groups excluding carboxylic acids is 1. The van der Waals surface area contributed by atoms with Crippen LogP contribution in [-0.2, 0) is 38.3 Å². The minimum Gasteiger partial charge on any atom is -0.506 e. The van der Waals surface area contributed by atoms with Gasteiger partial charge >= 0.3 is 5.97 Å². The molecule has 4 rings (SSSR count). The van der Waals surface area contributed by atoms with Gasteiger partial charge in [0, 0.05) is 78.2 Å². The number of allylic oxidation sites excluding steroid dienone is 2. The summed E-state index contributed by atoms with van der Waals surface area (Å²) in [6.07, 6.45) is -20.7. The zero-order chi connectivity index (χ0) is 66.2. The highest BCUT2D eigenvalue weighted by molar-refractivity contribution is 5.76. The molecule has 4 aliphatic rings. The average Bonchev–Trinajstić information content (AvgIpc) is 2.58. The van der Waals surface area contributed by atoms with E-state index >= 15 is 0 Å². The van der Waals surface area contributed by atoms with Gasteiger partial charge in [0.25, 0.3) is 25.2 Å². The molecule has 4 aliphatic carbocycles. The highest BCUT2D eigenvalue weighted by Crippen LogP contribution is 2.75. The third-order valence-corrected chi connectivity index (χ3v) is 17.8. The van der Waals surface area contributed by atoms with Crippen molar-refractivity contribution in [3.05, 3.63) is 81.3 Å². The normalized spacial score (nSPS) is 29.2. The summed E-state index contributed by atoms with van der Waals surface area (Å²) in [6.45, 7) is 5.22. The Morgan fingerprint density at radius 3 is 1.36 bits per heavy atom. The number of hydrogen-bond acceptors (Lipinski definition) is 31. The molecule has 506 valence electrons. The molecule has 23 N–H and O–H groups in total. The number of hydrogen-bond donors (Lipinski definition) is 23. The van der Waals surface area contributed by atoms with Crippen molar-refractivity contribution in [1.82, 2.24) is 0 Å². The molecule has 0 aromatic carbocycles. The van der Waals surface area contributed by atoms with Crippen LogP contribution in [0, 0.1) is 34.0 Å². The SMILES string of the molecule is C=C1C[C@@]23CCC4[C@](C)(C(=O)OOC/C(OC(O)/C(O)=C(/O)C(O)CCO)=C(\CCCO)OC(O)/C(O)=C(\O)C(O)CCO)CCC[C@@]4(C)[C@@H]2CC[C@]1(OC(O)/C(OC(O)/C(O)=C(/O)C(O)CCO)=C(\CCCO)OC(O)/C(O)=C(/O)C(O)CCO)[C@@H]3C. The summed E-state index contributed by atoms with van der Waals surface area (Å²) in [6, 6.07) is 0. The number of aliphatic hydroxyl groups excluding tert-OH is 23. The Labute approximate surface area is 506 Å². The van der Waals surface area contributed by atoms with E-state index in [0.717, 1.165) is 0 Å². The van der Waals surface area contributed by atoms with Crippen molar-refractivity contribution in [1.29, 1.82) is 0 Å². The molecule has 31 nitrogen and oxygen atoms in total. The minimum atomic E-state index is -2.66. The zero-order valence-corrected chi connectivity index (χ0v) is 49.5. The molecule has 0 aromatic heterocycles. The fraction of sp³-hybridized carbons (Fsp3) is 0.737. The van der Waals surface area contributed by atoms with Gasteiger partial charge < -0.3 is 141 Å². The summed E-state index contributed by atoms with van der Waals surface area (Å²) < 4.78 is 28.6. The van der Waals surface area contributed by atoms with E-state index in [-0.39, 0.29) is 31.6 Å². The summed E-state index contributed by atoms with van der Waals surface area (Å²) in [5, 5.41) is 238. The highest BCUT2D eigenvalue weighted by Gasteiger charge is 2.71. The van der Waals surface area contributed by atoms with Gasteiger partial charge in [-0.2, -0.15) is 4.89 Å². The third kappa shape index (κ3) is 16.7. The van der Waals surface area contributed by atoms with Crippen LogP contribution in [0.3, 0.4) is 0 Å². The first-order valence-electron chi connectivity index (χ1n) is 29.0. The van der Waals surface area contributed by atoms with E-state index in [0.29, 0.717) is 44.1 Å². The van der Waals surface area contributed by atoms with Crippen LogP contribution in [0.2, 0.25) is 0 Å². The fourth-order valence-electron chi connectivity index (χ4n) is 13.2. The summed E-state index contributed by atoms with van der Waals surface area (Å²) in [5.74, 6) is -15.4. The second kappa shape index (κ2) is 33.1. The molecule has 0 aromatic rings. The predicted octanol–water partition coefficient (Wildman–Crippen LogP) is 0.726. The van der Waals surface area contributed by atoms with E-state index in [1.807, 2.05) is 6.92 Å². The summed E-state index contributed by atoms with van der Waals surface area (Å²) in [4.78, 5) is 25.6. The van der Waals surface area contributed by atoms with Crippen LogP contribution in [0.1, 0.15) is 124 Å². The Morgan fingerprint density at radius 2 is 0.920 bits per heavy atom. The first-order valence-corrected chi connectivity index (χ1v) is 29.0. The topological polar surface area (TPSA) is 547 Å². The van der Waals surface area contributed by atoms with Gasteiger partial charge in [-0.15, -0.1) is 0 Å². The largest absolute Gasteiger partial charge is 0.506 e. The Bertz CT molecular complexity index is 2510. The van der Waals surface area contributed by atoms with Gasteiger partial charge in [-0.3, -0.25) is 4.89 Å². The molecule has 10 unspecified atom stereocenters. The highest BCUT2D eigenvalue weighted by atomic mass is 17.2. The smallest absolute Gasteiger partial charge is 0.348 e. The molecule has 16 atom stereocenters. The van der Waals surface area contributed by atoms with Crippen LogP contribution in [0.15, 0.2) is 81.3 Å². The molecule has 2 bridgehead atoms. The lowest BCUT2D eigenvalue weighted by molar-refractivity contribution is -0.291. The quantitative estimate of drug-likeness (QED) is 0.0134. The van der Waals surface area contributed by atoms with Crippen LogP contribution in [0.4, 0.5) is 0 Å². The number of rotatable bonds is 37. The maximum Gasteiger partial charge on any atom is 0.348 e. The van der Waals surface area contributed by atoms with Crippen LogP contribution in [0.25, 0.3) is 0 Å². The molecular formula is C57H92O31. The molecular weight excluding hydrogens is 1180 g/mol. The molecule has 31 heteroatoms. The van der Waals surface area contributed by atoms with Crippen molar-refractivity contribution in [2.75, 3.05) is 46.2 Å². The van der Waals surface area contributed by atoms with Gasteiger partial charge in [-0.25, -0.2) is 4.79 Å². The van der Waals surface area contributed by atoms with Gasteiger partial charge in [0.05, 0.1) is 11.0 Å². The Balaban J connectivity index is 1.72. The van der Waals surface area contributed by atoms with Gasteiger partial charge in [0.15, 0.2) is 41.2 Å². The van der Waals surface area contributed by atoms with Crippen molar-refractivity contribution in [3.63, 3.8) is 0 Å². The molecule has 0 radical (unpaired) electrons. The van der Waals surface area contributed by atoms with Gasteiger partial charge in [-0.1, -0.05) is 26.8 Å². The number of fused-ring (bicyclic) bond motifs is 3. The lowest BCUT2D eigenvalue weighted by Crippen LogP contribution is -2.62. The lowest BCUT2D eigenvalue weighted by atomic mass is 9.39. The number of carbonyl (C=O) groups is 1. The van der Waals surface area contributed by atoms with Crippen molar-refractivity contribution in [2.45, 2.75) is 185 Å². The average molecular weight is 1270 g/mol. The van der Waals surface area contributed by atoms with E-state index in [4.69, 9.17) is 33.5 Å². The van der Waals surface area contributed by atoms with Crippen molar-refractivity contribution in [2.24, 2.45) is 34.0 Å². The minimum absolute atomic E-state index is 0.142. The molecule has 1 spiro atoms. The van der Waals surface area contributed by atoms with E-state index in [1.165, 1.54) is 0 Å². The Morgan fingerprint density at radius 1 is 0.511 bits per heavy atom. The predicted molar refractivity (Wildman–Crippen MR) is 298 cm³/mol. The van der Waals surface area contributed by atoms with Crippen LogP contribution >= 0.6 is 0 Å². The molecule has 0 aliphatic heterocycles. The second-order valence-electron chi connectivity index (χ2n) is 23.1. The first kappa shape index (κ1) is 75.0. The Kier molecular flexibility index (Phi) is 28.2. The molecule has 4 fully saturated rings. The molecule has 88 heavy (non-hydrogen) atoms. The van der Waals surface area contributed by atoms with E-state index < -0.39 is 249 Å².